The normalized spacial score (nSPS) is 10.5. The molecule has 0 saturated carbocycles. The number of rotatable bonds is 3. The molecule has 0 radical (unpaired) electrons. The number of halogens is 2. The second-order valence-corrected chi connectivity index (χ2v) is 5.35. The summed E-state index contributed by atoms with van der Waals surface area (Å²) in [4.78, 5) is 13.5. The number of hydrogen-bond donors (Lipinski definition) is 0. The molecule has 0 aliphatic carbocycles. The van der Waals surface area contributed by atoms with E-state index in [1.807, 2.05) is 12.1 Å². The van der Waals surface area contributed by atoms with E-state index in [4.69, 9.17) is 16.0 Å². The first-order valence-electron chi connectivity index (χ1n) is 5.47. The number of nitrogens with zero attached hydrogens (tertiary/aromatic N) is 3. The molecule has 0 atom stereocenters. The Hall–Kier alpha value is -1.40. The second-order valence-electron chi connectivity index (χ2n) is 4.02. The Balaban J connectivity index is 2.14. The van der Waals surface area contributed by atoms with E-state index in [-0.39, 0.29) is 11.8 Å². The Morgan fingerprint density at radius 2 is 2.21 bits per heavy atom. The lowest BCUT2D eigenvalue weighted by atomic mass is 10.2. The zero-order chi connectivity index (χ0) is 14.0. The van der Waals surface area contributed by atoms with Gasteiger partial charge in [0, 0.05) is 30.0 Å². The van der Waals surface area contributed by atoms with Gasteiger partial charge < -0.3 is 9.32 Å². The fourth-order valence-electron chi connectivity index (χ4n) is 1.54. The van der Waals surface area contributed by atoms with Gasteiger partial charge in [-0.1, -0.05) is 27.5 Å². The monoisotopic (exact) mass is 343 g/mol. The molecule has 100 valence electrons. The van der Waals surface area contributed by atoms with E-state index >= 15 is 0 Å². The van der Waals surface area contributed by atoms with E-state index in [0.717, 1.165) is 10.0 Å². The highest BCUT2D eigenvalue weighted by Crippen LogP contribution is 2.22. The quantitative estimate of drug-likeness (QED) is 0.858. The zero-order valence-corrected chi connectivity index (χ0v) is 12.7. The predicted molar refractivity (Wildman–Crippen MR) is 74.0 cm³/mol. The molecule has 0 N–H and O–H groups in total. The van der Waals surface area contributed by atoms with Crippen molar-refractivity contribution in [2.24, 2.45) is 0 Å². The summed E-state index contributed by atoms with van der Waals surface area (Å²) in [5.74, 6) is -0.000000556. The second kappa shape index (κ2) is 5.71. The van der Waals surface area contributed by atoms with Gasteiger partial charge in [-0.2, -0.15) is 0 Å². The standard InChI is InChI=1S/C12H11BrClN3O2/c1-7-15-16-11(19-7)12(18)17(2)6-8-5-9(13)3-4-10(8)14/h3-5H,6H2,1-2H3. The van der Waals surface area contributed by atoms with Crippen molar-refractivity contribution in [2.45, 2.75) is 13.5 Å². The van der Waals surface area contributed by atoms with Gasteiger partial charge in [0.2, 0.25) is 5.89 Å². The van der Waals surface area contributed by atoms with Crippen molar-refractivity contribution >= 4 is 33.4 Å². The first-order chi connectivity index (χ1) is 8.97. The van der Waals surface area contributed by atoms with E-state index in [0.29, 0.717) is 17.5 Å². The van der Waals surface area contributed by atoms with Gasteiger partial charge in [0.05, 0.1) is 0 Å². The van der Waals surface area contributed by atoms with Gasteiger partial charge in [0.1, 0.15) is 0 Å². The van der Waals surface area contributed by atoms with Crippen LogP contribution < -0.4 is 0 Å². The number of aryl methyl sites for hydroxylation is 1. The van der Waals surface area contributed by atoms with Crippen molar-refractivity contribution < 1.29 is 9.21 Å². The maximum absolute atomic E-state index is 12.0. The molecule has 1 heterocycles. The lowest BCUT2D eigenvalue weighted by Crippen LogP contribution is -2.26. The van der Waals surface area contributed by atoms with Gasteiger partial charge in [-0.05, 0) is 23.8 Å². The summed E-state index contributed by atoms with van der Waals surface area (Å²) in [5.41, 5.74) is 0.836. The molecule has 1 amide bonds. The van der Waals surface area contributed by atoms with Crippen LogP contribution in [0.2, 0.25) is 5.02 Å². The van der Waals surface area contributed by atoms with E-state index < -0.39 is 0 Å². The van der Waals surface area contributed by atoms with Crippen LogP contribution in [0, 0.1) is 6.92 Å². The van der Waals surface area contributed by atoms with Crippen LogP contribution in [0.1, 0.15) is 22.1 Å². The van der Waals surface area contributed by atoms with Gasteiger partial charge in [-0.15, -0.1) is 10.2 Å². The molecule has 0 fully saturated rings. The minimum Gasteiger partial charge on any atom is -0.417 e. The molecule has 0 unspecified atom stereocenters. The fourth-order valence-corrected chi connectivity index (χ4v) is 2.12. The lowest BCUT2D eigenvalue weighted by Gasteiger charge is -2.16. The molecule has 1 aromatic carbocycles. The van der Waals surface area contributed by atoms with Crippen LogP contribution in [-0.4, -0.2) is 28.1 Å². The summed E-state index contributed by atoms with van der Waals surface area (Å²) in [6.45, 7) is 1.99. The fraction of sp³-hybridized carbons (Fsp3) is 0.250. The summed E-state index contributed by atoms with van der Waals surface area (Å²) in [6, 6.07) is 5.48. The highest BCUT2D eigenvalue weighted by Gasteiger charge is 2.19. The van der Waals surface area contributed by atoms with E-state index in [1.165, 1.54) is 4.90 Å². The van der Waals surface area contributed by atoms with Crippen molar-refractivity contribution in [3.63, 3.8) is 0 Å². The number of aromatic nitrogens is 2. The number of hydrogen-bond acceptors (Lipinski definition) is 4. The molecular formula is C12H11BrClN3O2. The molecule has 0 aliphatic rings. The van der Waals surface area contributed by atoms with Crippen LogP contribution in [-0.2, 0) is 6.54 Å². The van der Waals surface area contributed by atoms with E-state index in [2.05, 4.69) is 26.1 Å². The number of amides is 1. The summed E-state index contributed by atoms with van der Waals surface area (Å²) < 4.78 is 6.01. The average molecular weight is 345 g/mol. The van der Waals surface area contributed by atoms with Crippen LogP contribution in [0.5, 0.6) is 0 Å². The van der Waals surface area contributed by atoms with Crippen LogP contribution in [0.15, 0.2) is 27.1 Å². The van der Waals surface area contributed by atoms with E-state index in [9.17, 15) is 4.79 Å². The molecule has 5 nitrogen and oxygen atoms in total. The first-order valence-corrected chi connectivity index (χ1v) is 6.64. The maximum Gasteiger partial charge on any atom is 0.311 e. The number of carbonyl (C=O) groups is 1. The van der Waals surface area contributed by atoms with Gasteiger partial charge in [0.25, 0.3) is 0 Å². The van der Waals surface area contributed by atoms with Crippen molar-refractivity contribution in [1.29, 1.82) is 0 Å². The molecule has 1 aromatic heterocycles. The first kappa shape index (κ1) is 14.0. The molecule has 0 aliphatic heterocycles. The van der Waals surface area contributed by atoms with Crippen LogP contribution in [0.3, 0.4) is 0 Å². The third kappa shape index (κ3) is 3.33. The Kier molecular flexibility index (Phi) is 4.21. The average Bonchev–Trinajstić information content (AvgIpc) is 2.79. The molecule has 2 rings (SSSR count). The maximum atomic E-state index is 12.0. The van der Waals surface area contributed by atoms with Crippen molar-refractivity contribution in [2.75, 3.05) is 7.05 Å². The highest BCUT2D eigenvalue weighted by atomic mass is 79.9. The summed E-state index contributed by atoms with van der Waals surface area (Å²) in [5, 5.41) is 7.93. The Labute approximate surface area is 123 Å². The third-order valence-corrected chi connectivity index (χ3v) is 3.33. The highest BCUT2D eigenvalue weighted by molar-refractivity contribution is 9.10. The SMILES string of the molecule is Cc1nnc(C(=O)N(C)Cc2cc(Br)ccc2Cl)o1. The Morgan fingerprint density at radius 3 is 2.84 bits per heavy atom. The smallest absolute Gasteiger partial charge is 0.311 e. The number of carbonyl (C=O) groups excluding carboxylic acids is 1. The van der Waals surface area contributed by atoms with Gasteiger partial charge >= 0.3 is 11.8 Å². The minimum atomic E-state index is -0.336. The molecule has 0 bridgehead atoms. The molecule has 2 aromatic rings. The summed E-state index contributed by atoms with van der Waals surface area (Å²) in [6.07, 6.45) is 0. The summed E-state index contributed by atoms with van der Waals surface area (Å²) >= 11 is 9.45. The summed E-state index contributed by atoms with van der Waals surface area (Å²) in [7, 11) is 1.65. The van der Waals surface area contributed by atoms with Crippen LogP contribution in [0.4, 0.5) is 0 Å². The van der Waals surface area contributed by atoms with Crippen molar-refractivity contribution in [3.05, 3.63) is 45.0 Å². The lowest BCUT2D eigenvalue weighted by molar-refractivity contribution is 0.0744. The van der Waals surface area contributed by atoms with E-state index in [1.54, 1.807) is 20.0 Å². The molecule has 19 heavy (non-hydrogen) atoms. The van der Waals surface area contributed by atoms with Gasteiger partial charge in [-0.3, -0.25) is 4.79 Å². The molecule has 0 saturated heterocycles. The van der Waals surface area contributed by atoms with Gasteiger partial charge in [0.15, 0.2) is 0 Å². The van der Waals surface area contributed by atoms with Crippen molar-refractivity contribution in [1.82, 2.24) is 15.1 Å². The van der Waals surface area contributed by atoms with Crippen LogP contribution in [0.25, 0.3) is 0 Å². The number of benzene rings is 1. The third-order valence-electron chi connectivity index (χ3n) is 2.47. The van der Waals surface area contributed by atoms with Gasteiger partial charge in [-0.25, -0.2) is 0 Å². The largest absolute Gasteiger partial charge is 0.417 e. The molecule has 0 spiro atoms. The zero-order valence-electron chi connectivity index (χ0n) is 10.4. The molecular weight excluding hydrogens is 334 g/mol. The Bertz CT molecular complexity index is 615. The minimum absolute atomic E-state index is 0.0221. The predicted octanol–water partition coefficient (Wildman–Crippen LogP) is 3.07. The molecule has 7 heteroatoms. The Morgan fingerprint density at radius 1 is 1.47 bits per heavy atom. The van der Waals surface area contributed by atoms with Crippen molar-refractivity contribution in [3.8, 4) is 0 Å². The van der Waals surface area contributed by atoms with Crippen LogP contribution >= 0.6 is 27.5 Å². The topological polar surface area (TPSA) is 59.2 Å².